The van der Waals surface area contributed by atoms with Crippen LogP contribution >= 0.6 is 11.6 Å². The number of hydrogen-bond acceptors (Lipinski definition) is 3. The molecule has 114 valence electrons. The average molecular weight is 308 g/mol. The molecule has 0 bridgehead atoms. The molecule has 3 rings (SSSR count). The van der Waals surface area contributed by atoms with Crippen LogP contribution in [0.3, 0.4) is 0 Å². The molecule has 1 unspecified atom stereocenters. The van der Waals surface area contributed by atoms with E-state index in [4.69, 9.17) is 20.8 Å². The lowest BCUT2D eigenvalue weighted by Gasteiger charge is -2.36. The third-order valence-electron chi connectivity index (χ3n) is 4.35. The van der Waals surface area contributed by atoms with Gasteiger partial charge in [0.15, 0.2) is 0 Å². The van der Waals surface area contributed by atoms with Gasteiger partial charge in [-0.3, -0.25) is 0 Å². The van der Waals surface area contributed by atoms with Gasteiger partial charge >= 0.3 is 0 Å². The summed E-state index contributed by atoms with van der Waals surface area (Å²) in [6.07, 6.45) is 3.89. The predicted octanol–water partition coefficient (Wildman–Crippen LogP) is 4.55. The van der Waals surface area contributed by atoms with E-state index in [1.54, 1.807) is 0 Å². The van der Waals surface area contributed by atoms with Crippen molar-refractivity contribution in [2.75, 3.05) is 13.7 Å². The minimum absolute atomic E-state index is 0.253. The van der Waals surface area contributed by atoms with Crippen molar-refractivity contribution in [3.05, 3.63) is 35.0 Å². The zero-order valence-electron chi connectivity index (χ0n) is 12.6. The molecule has 0 radical (unpaired) electrons. The maximum Gasteiger partial charge on any atom is 0.134 e. The van der Waals surface area contributed by atoms with Crippen LogP contribution in [-0.4, -0.2) is 19.8 Å². The van der Waals surface area contributed by atoms with Crippen LogP contribution < -0.4 is 5.32 Å². The number of fused-ring (bicyclic) bond motifs is 1. The summed E-state index contributed by atoms with van der Waals surface area (Å²) < 4.78 is 11.6. The third-order valence-corrected chi connectivity index (χ3v) is 4.59. The smallest absolute Gasteiger partial charge is 0.134 e. The van der Waals surface area contributed by atoms with E-state index in [-0.39, 0.29) is 6.04 Å². The summed E-state index contributed by atoms with van der Waals surface area (Å²) in [6.45, 7) is 2.88. The molecule has 1 fully saturated rings. The van der Waals surface area contributed by atoms with Gasteiger partial charge in [-0.15, -0.1) is 0 Å². The Bertz CT molecular complexity index is 604. The highest BCUT2D eigenvalue weighted by Crippen LogP contribution is 2.38. The summed E-state index contributed by atoms with van der Waals surface area (Å²) in [6, 6.07) is 8.10. The van der Waals surface area contributed by atoms with Crippen LogP contribution in [0.4, 0.5) is 0 Å². The molecule has 1 aromatic heterocycles. The van der Waals surface area contributed by atoms with Gasteiger partial charge in [-0.05, 0) is 63.4 Å². The molecule has 0 amide bonds. The quantitative estimate of drug-likeness (QED) is 0.850. The van der Waals surface area contributed by atoms with E-state index in [9.17, 15) is 0 Å². The van der Waals surface area contributed by atoms with Gasteiger partial charge in [-0.1, -0.05) is 11.6 Å². The van der Waals surface area contributed by atoms with E-state index >= 15 is 0 Å². The molecular formula is C17H22ClNO2. The van der Waals surface area contributed by atoms with Crippen molar-refractivity contribution in [3.8, 4) is 0 Å². The lowest BCUT2D eigenvalue weighted by molar-refractivity contribution is -0.0294. The Labute approximate surface area is 130 Å². The third kappa shape index (κ3) is 3.25. The second-order valence-corrected chi connectivity index (χ2v) is 6.26. The zero-order chi connectivity index (χ0) is 14.8. The fraction of sp³-hybridized carbons (Fsp3) is 0.529. The lowest BCUT2D eigenvalue weighted by Crippen LogP contribution is -2.34. The maximum atomic E-state index is 6.03. The van der Waals surface area contributed by atoms with Crippen LogP contribution in [0.1, 0.15) is 38.0 Å². The number of hydrogen-bond donors (Lipinski definition) is 1. The molecule has 1 N–H and O–H groups in total. The van der Waals surface area contributed by atoms with Crippen molar-refractivity contribution in [2.45, 2.75) is 38.3 Å². The van der Waals surface area contributed by atoms with Crippen LogP contribution in [0.25, 0.3) is 11.0 Å². The molecule has 1 aliphatic rings. The number of halogens is 1. The van der Waals surface area contributed by atoms with Gasteiger partial charge in [-0.25, -0.2) is 0 Å². The molecule has 0 aliphatic heterocycles. The minimum Gasteiger partial charge on any atom is -0.459 e. The first-order chi connectivity index (χ1) is 10.2. The highest BCUT2D eigenvalue weighted by atomic mass is 35.5. The molecule has 4 heteroatoms. The molecular weight excluding hydrogens is 286 g/mol. The predicted molar refractivity (Wildman–Crippen MR) is 85.8 cm³/mol. The highest BCUT2D eigenvalue weighted by Gasteiger charge is 2.32. The number of furan rings is 1. The second-order valence-electron chi connectivity index (χ2n) is 5.82. The first-order valence-corrected chi connectivity index (χ1v) is 8.05. The number of rotatable bonds is 6. The highest BCUT2D eigenvalue weighted by molar-refractivity contribution is 6.31. The van der Waals surface area contributed by atoms with Crippen LogP contribution in [0.5, 0.6) is 0 Å². The van der Waals surface area contributed by atoms with Crippen LogP contribution in [0.2, 0.25) is 5.02 Å². The Balaban J connectivity index is 1.67. The summed E-state index contributed by atoms with van der Waals surface area (Å²) in [4.78, 5) is 0. The minimum atomic E-state index is 0.253. The van der Waals surface area contributed by atoms with Crippen molar-refractivity contribution in [2.24, 2.45) is 5.92 Å². The molecule has 1 saturated carbocycles. The van der Waals surface area contributed by atoms with Gasteiger partial charge < -0.3 is 14.5 Å². The first-order valence-electron chi connectivity index (χ1n) is 7.67. The zero-order valence-corrected chi connectivity index (χ0v) is 13.3. The Hall–Kier alpha value is -1.03. The molecule has 0 spiro atoms. The summed E-state index contributed by atoms with van der Waals surface area (Å²) >= 11 is 6.03. The van der Waals surface area contributed by atoms with E-state index in [1.165, 1.54) is 0 Å². The molecule has 2 aromatic rings. The molecule has 1 heterocycles. The van der Waals surface area contributed by atoms with Gasteiger partial charge in [0.2, 0.25) is 0 Å². The van der Waals surface area contributed by atoms with E-state index in [1.807, 2.05) is 25.2 Å². The largest absolute Gasteiger partial charge is 0.459 e. The Kier molecular flexibility index (Phi) is 4.53. The van der Waals surface area contributed by atoms with Crippen LogP contribution in [0.15, 0.2) is 28.7 Å². The van der Waals surface area contributed by atoms with Gasteiger partial charge in [0, 0.05) is 17.0 Å². The summed E-state index contributed by atoms with van der Waals surface area (Å²) in [5.74, 6) is 1.71. The average Bonchev–Trinajstić information content (AvgIpc) is 2.83. The molecule has 0 saturated heterocycles. The van der Waals surface area contributed by atoms with Crippen molar-refractivity contribution >= 4 is 22.6 Å². The number of ether oxygens (including phenoxy) is 1. The van der Waals surface area contributed by atoms with Crippen molar-refractivity contribution < 1.29 is 9.15 Å². The first kappa shape index (κ1) is 14.9. The number of benzene rings is 1. The summed E-state index contributed by atoms with van der Waals surface area (Å²) in [5.41, 5.74) is 0.899. The van der Waals surface area contributed by atoms with Gasteiger partial charge in [0.1, 0.15) is 11.3 Å². The van der Waals surface area contributed by atoms with Crippen molar-refractivity contribution in [1.29, 1.82) is 0 Å². The topological polar surface area (TPSA) is 34.4 Å². The monoisotopic (exact) mass is 307 g/mol. The van der Waals surface area contributed by atoms with E-state index in [2.05, 4.69) is 18.3 Å². The maximum absolute atomic E-state index is 6.03. The van der Waals surface area contributed by atoms with Crippen LogP contribution in [0, 0.1) is 5.92 Å². The molecule has 1 atom stereocenters. The van der Waals surface area contributed by atoms with Crippen molar-refractivity contribution in [3.63, 3.8) is 0 Å². The normalized spacial score (nSPS) is 23.2. The standard InChI is InChI=1S/C17H22ClNO2/c1-3-20-14-6-11(7-14)8-15(19-2)17-10-12-9-13(18)4-5-16(12)21-17/h4-5,9-11,14-15,19H,3,6-8H2,1-2H3. The van der Waals surface area contributed by atoms with E-state index < -0.39 is 0 Å². The van der Waals surface area contributed by atoms with Crippen LogP contribution in [-0.2, 0) is 4.74 Å². The van der Waals surface area contributed by atoms with Gasteiger partial charge in [0.25, 0.3) is 0 Å². The molecule has 3 nitrogen and oxygen atoms in total. The molecule has 1 aromatic carbocycles. The van der Waals surface area contributed by atoms with E-state index in [0.29, 0.717) is 6.10 Å². The van der Waals surface area contributed by atoms with Crippen molar-refractivity contribution in [1.82, 2.24) is 5.32 Å². The summed E-state index contributed by atoms with van der Waals surface area (Å²) in [7, 11) is 1.99. The fourth-order valence-corrected chi connectivity index (χ4v) is 3.34. The van der Waals surface area contributed by atoms with Gasteiger partial charge in [-0.2, -0.15) is 0 Å². The Morgan fingerprint density at radius 1 is 1.38 bits per heavy atom. The SMILES string of the molecule is CCOC1CC(CC(NC)c2cc3cc(Cl)ccc3o2)C1. The molecule has 1 aliphatic carbocycles. The number of nitrogens with one attached hydrogen (secondary N) is 1. The lowest BCUT2D eigenvalue weighted by atomic mass is 9.78. The molecule has 21 heavy (non-hydrogen) atoms. The Morgan fingerprint density at radius 3 is 2.90 bits per heavy atom. The van der Waals surface area contributed by atoms with Gasteiger partial charge in [0.05, 0.1) is 12.1 Å². The summed E-state index contributed by atoms with van der Waals surface area (Å²) in [5, 5.41) is 5.19. The fourth-order valence-electron chi connectivity index (χ4n) is 3.15. The Morgan fingerprint density at radius 2 is 2.19 bits per heavy atom. The van der Waals surface area contributed by atoms with E-state index in [0.717, 1.165) is 53.5 Å². The second kappa shape index (κ2) is 6.39.